The summed E-state index contributed by atoms with van der Waals surface area (Å²) in [5.74, 6) is -1.11. The summed E-state index contributed by atoms with van der Waals surface area (Å²) in [5.41, 5.74) is 0.197. The summed E-state index contributed by atoms with van der Waals surface area (Å²) in [6.07, 6.45) is 2.69. The van der Waals surface area contributed by atoms with E-state index < -0.39 is 11.6 Å². The van der Waals surface area contributed by atoms with Gasteiger partial charge in [-0.1, -0.05) is 6.07 Å². The summed E-state index contributed by atoms with van der Waals surface area (Å²) in [6, 6.07) is 5.13. The molecule has 2 heterocycles. The number of halogens is 2. The SMILES string of the molecule is COc1nccc(OC2CCN(C(=O)Cc3ccc(F)cc3F)CC2)n1. The number of methoxy groups -OCH3 is 1. The normalized spacial score (nSPS) is 15.0. The first-order valence-electron chi connectivity index (χ1n) is 8.30. The van der Waals surface area contributed by atoms with Gasteiger partial charge in [-0.3, -0.25) is 4.79 Å². The second-order valence-electron chi connectivity index (χ2n) is 5.99. The minimum atomic E-state index is -0.700. The number of carbonyl (C=O) groups excluding carboxylic acids is 1. The summed E-state index contributed by atoms with van der Waals surface area (Å²) in [5, 5.41) is 0. The fourth-order valence-corrected chi connectivity index (χ4v) is 2.82. The van der Waals surface area contributed by atoms with E-state index in [1.807, 2.05) is 0 Å². The van der Waals surface area contributed by atoms with Crippen molar-refractivity contribution in [3.8, 4) is 11.9 Å². The van der Waals surface area contributed by atoms with E-state index in [9.17, 15) is 13.6 Å². The Morgan fingerprint density at radius 3 is 2.73 bits per heavy atom. The number of benzene rings is 1. The zero-order chi connectivity index (χ0) is 18.5. The summed E-state index contributed by atoms with van der Waals surface area (Å²) in [4.78, 5) is 22.0. The molecule has 1 aromatic carbocycles. The number of piperidine rings is 1. The van der Waals surface area contributed by atoms with Crippen LogP contribution in [0.3, 0.4) is 0 Å². The standard InChI is InChI=1S/C18H19F2N3O3/c1-25-18-21-7-4-16(22-18)26-14-5-8-23(9-6-14)17(24)10-12-2-3-13(19)11-15(12)20/h2-4,7,11,14H,5-6,8-10H2,1H3. The minimum absolute atomic E-state index is 0.0683. The number of amides is 1. The van der Waals surface area contributed by atoms with Crippen molar-refractivity contribution in [2.75, 3.05) is 20.2 Å². The van der Waals surface area contributed by atoms with Gasteiger partial charge in [0, 0.05) is 44.3 Å². The fourth-order valence-electron chi connectivity index (χ4n) is 2.82. The average molecular weight is 363 g/mol. The van der Waals surface area contributed by atoms with Gasteiger partial charge in [0.25, 0.3) is 0 Å². The summed E-state index contributed by atoms with van der Waals surface area (Å²) < 4.78 is 37.4. The Hall–Kier alpha value is -2.77. The molecule has 3 rings (SSSR count). The monoisotopic (exact) mass is 363 g/mol. The summed E-state index contributed by atoms with van der Waals surface area (Å²) >= 11 is 0. The Morgan fingerprint density at radius 2 is 2.04 bits per heavy atom. The molecule has 8 heteroatoms. The van der Waals surface area contributed by atoms with Crippen LogP contribution in [0.25, 0.3) is 0 Å². The Kier molecular flexibility index (Phi) is 5.60. The topological polar surface area (TPSA) is 64.6 Å². The van der Waals surface area contributed by atoms with Crippen LogP contribution in [0.2, 0.25) is 0 Å². The molecule has 6 nitrogen and oxygen atoms in total. The lowest BCUT2D eigenvalue weighted by atomic mass is 10.1. The molecule has 1 amide bonds. The summed E-state index contributed by atoms with van der Waals surface area (Å²) in [7, 11) is 1.48. The van der Waals surface area contributed by atoms with Gasteiger partial charge in [0.05, 0.1) is 13.5 Å². The molecule has 1 aliphatic rings. The predicted molar refractivity (Wildman–Crippen MR) is 88.9 cm³/mol. The van der Waals surface area contributed by atoms with Crippen LogP contribution < -0.4 is 9.47 Å². The van der Waals surface area contributed by atoms with Crippen LogP contribution in [-0.4, -0.2) is 47.1 Å². The van der Waals surface area contributed by atoms with Crippen LogP contribution in [0.1, 0.15) is 18.4 Å². The number of ether oxygens (including phenoxy) is 2. The molecule has 0 radical (unpaired) electrons. The molecule has 26 heavy (non-hydrogen) atoms. The van der Waals surface area contributed by atoms with Crippen molar-refractivity contribution < 1.29 is 23.0 Å². The van der Waals surface area contributed by atoms with Crippen molar-refractivity contribution in [3.63, 3.8) is 0 Å². The maximum atomic E-state index is 13.7. The molecule has 0 N–H and O–H groups in total. The number of likely N-dealkylation sites (tertiary alicyclic amines) is 1. The highest BCUT2D eigenvalue weighted by atomic mass is 19.1. The van der Waals surface area contributed by atoms with Gasteiger partial charge < -0.3 is 14.4 Å². The molecule has 0 spiro atoms. The first-order valence-corrected chi connectivity index (χ1v) is 8.30. The third kappa shape index (κ3) is 4.44. The number of aromatic nitrogens is 2. The van der Waals surface area contributed by atoms with E-state index in [4.69, 9.17) is 9.47 Å². The quantitative estimate of drug-likeness (QED) is 0.816. The molecule has 0 unspecified atom stereocenters. The van der Waals surface area contributed by atoms with E-state index >= 15 is 0 Å². The zero-order valence-corrected chi connectivity index (χ0v) is 14.3. The van der Waals surface area contributed by atoms with E-state index in [1.54, 1.807) is 17.2 Å². The van der Waals surface area contributed by atoms with Crippen molar-refractivity contribution in [1.82, 2.24) is 14.9 Å². The molecule has 138 valence electrons. The number of nitrogens with zero attached hydrogens (tertiary/aromatic N) is 3. The molecule has 1 aliphatic heterocycles. The Morgan fingerprint density at radius 1 is 1.27 bits per heavy atom. The van der Waals surface area contributed by atoms with E-state index in [-0.39, 0.29) is 30.0 Å². The van der Waals surface area contributed by atoms with Crippen LogP contribution in [0.15, 0.2) is 30.5 Å². The Labute approximate surface area is 149 Å². The number of carbonyl (C=O) groups is 1. The van der Waals surface area contributed by atoms with E-state index in [0.29, 0.717) is 31.8 Å². The van der Waals surface area contributed by atoms with Gasteiger partial charge in [0.1, 0.15) is 17.7 Å². The second kappa shape index (κ2) is 8.07. The van der Waals surface area contributed by atoms with Crippen molar-refractivity contribution in [3.05, 3.63) is 47.7 Å². The Bertz CT molecular complexity index is 780. The highest BCUT2D eigenvalue weighted by Gasteiger charge is 2.25. The lowest BCUT2D eigenvalue weighted by Gasteiger charge is -2.32. The highest BCUT2D eigenvalue weighted by molar-refractivity contribution is 5.78. The lowest BCUT2D eigenvalue weighted by Crippen LogP contribution is -2.42. The van der Waals surface area contributed by atoms with Gasteiger partial charge in [-0.05, 0) is 11.6 Å². The van der Waals surface area contributed by atoms with Gasteiger partial charge >= 0.3 is 6.01 Å². The first kappa shape index (κ1) is 18.0. The van der Waals surface area contributed by atoms with Crippen LogP contribution in [0.5, 0.6) is 11.9 Å². The summed E-state index contributed by atoms with van der Waals surface area (Å²) in [6.45, 7) is 1.02. The van der Waals surface area contributed by atoms with Gasteiger partial charge in [0.15, 0.2) is 0 Å². The smallest absolute Gasteiger partial charge is 0.319 e. The number of hydrogen-bond donors (Lipinski definition) is 0. The number of rotatable bonds is 5. The van der Waals surface area contributed by atoms with Crippen molar-refractivity contribution in [2.45, 2.75) is 25.4 Å². The highest BCUT2D eigenvalue weighted by Crippen LogP contribution is 2.19. The van der Waals surface area contributed by atoms with E-state index in [2.05, 4.69) is 9.97 Å². The largest absolute Gasteiger partial charge is 0.474 e. The third-order valence-corrected chi connectivity index (χ3v) is 4.23. The molecule has 2 aromatic rings. The molecule has 0 aliphatic carbocycles. The maximum Gasteiger partial charge on any atom is 0.319 e. The maximum absolute atomic E-state index is 13.7. The van der Waals surface area contributed by atoms with Gasteiger partial charge in [-0.25, -0.2) is 13.8 Å². The minimum Gasteiger partial charge on any atom is -0.474 e. The molecular weight excluding hydrogens is 344 g/mol. The lowest BCUT2D eigenvalue weighted by molar-refractivity contribution is -0.132. The molecule has 0 atom stereocenters. The van der Waals surface area contributed by atoms with Crippen molar-refractivity contribution >= 4 is 5.91 Å². The molecule has 1 aromatic heterocycles. The van der Waals surface area contributed by atoms with Crippen LogP contribution >= 0.6 is 0 Å². The van der Waals surface area contributed by atoms with Gasteiger partial charge in [-0.15, -0.1) is 0 Å². The molecule has 0 bridgehead atoms. The van der Waals surface area contributed by atoms with Crippen molar-refractivity contribution in [1.29, 1.82) is 0 Å². The predicted octanol–water partition coefficient (Wildman–Crippen LogP) is 2.38. The third-order valence-electron chi connectivity index (χ3n) is 4.23. The van der Waals surface area contributed by atoms with Crippen LogP contribution in [-0.2, 0) is 11.2 Å². The van der Waals surface area contributed by atoms with Crippen molar-refractivity contribution in [2.24, 2.45) is 0 Å². The fraction of sp³-hybridized carbons (Fsp3) is 0.389. The first-order chi connectivity index (χ1) is 12.5. The molecular formula is C18H19F2N3O3. The van der Waals surface area contributed by atoms with Gasteiger partial charge in [-0.2, -0.15) is 4.98 Å². The Balaban J connectivity index is 1.52. The van der Waals surface area contributed by atoms with Gasteiger partial charge in [0.2, 0.25) is 11.8 Å². The molecule has 1 saturated heterocycles. The average Bonchev–Trinajstić information content (AvgIpc) is 2.64. The number of hydrogen-bond acceptors (Lipinski definition) is 5. The van der Waals surface area contributed by atoms with E-state index in [1.165, 1.54) is 13.2 Å². The zero-order valence-electron chi connectivity index (χ0n) is 14.3. The molecule has 1 fully saturated rings. The van der Waals surface area contributed by atoms with Crippen LogP contribution in [0, 0.1) is 11.6 Å². The second-order valence-corrected chi connectivity index (χ2v) is 5.99. The molecule has 0 saturated carbocycles. The van der Waals surface area contributed by atoms with E-state index in [0.717, 1.165) is 12.1 Å². The van der Waals surface area contributed by atoms with Crippen LogP contribution in [0.4, 0.5) is 8.78 Å².